The molecule has 0 amide bonds. The van der Waals surface area contributed by atoms with Crippen molar-refractivity contribution in [2.75, 3.05) is 12.8 Å². The monoisotopic (exact) mass is 829 g/mol. The summed E-state index contributed by atoms with van der Waals surface area (Å²) < 4.78 is 100. The number of non-ortho nitro benzene ring substituents is 2. The molecule has 53 heavy (non-hydrogen) atoms. The molecule has 0 aromatic heterocycles. The third-order valence-corrected chi connectivity index (χ3v) is 9.06. The molecule has 0 spiro atoms. The summed E-state index contributed by atoms with van der Waals surface area (Å²) in [4.78, 5) is 18.0. The van der Waals surface area contributed by atoms with Crippen LogP contribution in [0.2, 0.25) is 0 Å². The summed E-state index contributed by atoms with van der Waals surface area (Å²) >= 11 is 0. The van der Waals surface area contributed by atoms with E-state index in [4.69, 9.17) is 15.0 Å². The summed E-state index contributed by atoms with van der Waals surface area (Å²) in [5.74, 6) is 0.501. The molecule has 5 N–H and O–H groups in total. The molecule has 0 unspecified atom stereocenters. The maximum absolute atomic E-state index is 11.5. The Balaban J connectivity index is 0.000000989. The van der Waals surface area contributed by atoms with Crippen LogP contribution in [0.4, 0.5) is 28.4 Å². The maximum Gasteiger partial charge on any atom is 1.00 e. The van der Waals surface area contributed by atoms with Crippen LogP contribution in [0.3, 0.4) is 0 Å². The van der Waals surface area contributed by atoms with E-state index >= 15 is 0 Å². The first-order valence-electron chi connectivity index (χ1n) is 13.2. The van der Waals surface area contributed by atoms with E-state index in [1.54, 1.807) is 12.1 Å². The number of nitro benzene ring substituents is 2. The van der Waals surface area contributed by atoms with E-state index in [1.165, 1.54) is 31.4 Å². The van der Waals surface area contributed by atoms with Gasteiger partial charge in [0.2, 0.25) is 0 Å². The summed E-state index contributed by atoms with van der Waals surface area (Å²) in [5, 5.41) is 29.7. The van der Waals surface area contributed by atoms with Crippen LogP contribution in [0.1, 0.15) is 16.7 Å². The molecule has 0 aliphatic heterocycles. The van der Waals surface area contributed by atoms with Gasteiger partial charge < -0.3 is 24.0 Å². The largest absolute Gasteiger partial charge is 2.00 e. The molecule has 19 nitrogen and oxygen atoms in total. The number of rotatable bonds is 10. The van der Waals surface area contributed by atoms with Crippen LogP contribution in [0, 0.1) is 27.2 Å². The van der Waals surface area contributed by atoms with Gasteiger partial charge in [-0.3, -0.25) is 33.9 Å². The molecule has 0 bridgehead atoms. The van der Waals surface area contributed by atoms with E-state index in [-0.39, 0.29) is 88.6 Å². The van der Waals surface area contributed by atoms with Crippen molar-refractivity contribution in [1.82, 2.24) is 0 Å². The number of ether oxygens (including phenoxy) is 1. The number of nitro groups is 2. The van der Waals surface area contributed by atoms with Crippen molar-refractivity contribution in [3.8, 4) is 5.75 Å². The quantitative estimate of drug-likeness (QED) is 0.0296. The average Bonchev–Trinajstić information content (AvgIpc) is 3.02. The van der Waals surface area contributed by atoms with E-state index in [9.17, 15) is 54.6 Å². The van der Waals surface area contributed by atoms with Crippen molar-refractivity contribution in [1.29, 1.82) is 0 Å². The van der Waals surface area contributed by atoms with Gasteiger partial charge in [-0.25, -0.2) is 0 Å². The van der Waals surface area contributed by atoms with E-state index in [0.29, 0.717) is 34.9 Å². The summed E-state index contributed by atoms with van der Waals surface area (Å²) in [6.45, 7) is 1.84. The zero-order valence-electron chi connectivity index (χ0n) is 27.9. The summed E-state index contributed by atoms with van der Waals surface area (Å²) in [6, 6.07) is 13.9. The molecule has 0 aliphatic rings. The Labute approximate surface area is 353 Å². The second-order valence-electron chi connectivity index (χ2n) is 9.79. The van der Waals surface area contributed by atoms with Gasteiger partial charge in [-0.2, -0.15) is 35.5 Å². The van der Waals surface area contributed by atoms with Gasteiger partial charge in [-0.15, -0.1) is 0 Å². The molecule has 25 heteroatoms. The molecule has 4 aromatic rings. The number of hydrogen-bond acceptors (Lipinski definition) is 14. The number of nitrogen functional groups attached to an aromatic ring is 1. The van der Waals surface area contributed by atoms with Crippen molar-refractivity contribution in [3.05, 3.63) is 110 Å². The van der Waals surface area contributed by atoms with E-state index in [2.05, 4.69) is 10.2 Å². The van der Waals surface area contributed by atoms with Gasteiger partial charge >= 0.3 is 59.1 Å². The fourth-order valence-electron chi connectivity index (χ4n) is 3.96. The Morgan fingerprint density at radius 3 is 1.49 bits per heavy atom. The smallest absolute Gasteiger partial charge is 1.00 e. The third-order valence-electron chi connectivity index (χ3n) is 6.37. The fourth-order valence-corrected chi connectivity index (χ4v) is 5.84. The summed E-state index contributed by atoms with van der Waals surface area (Å²) in [5.41, 5.74) is 6.48. The zero-order chi connectivity index (χ0) is 37.6. The van der Waals surface area contributed by atoms with Crippen molar-refractivity contribution in [3.63, 3.8) is 0 Å². The van der Waals surface area contributed by atoms with Crippen molar-refractivity contribution in [2.45, 2.75) is 21.6 Å². The topological polar surface area (TPSA) is 309 Å². The Morgan fingerprint density at radius 2 is 1.13 bits per heavy atom. The number of nitrogens with zero attached hydrogens (tertiary/aromatic N) is 4. The molecule has 0 radical (unpaired) electrons. The number of aryl methyl sites for hydroxylation is 1. The van der Waals surface area contributed by atoms with E-state index < -0.39 is 61.4 Å². The molecule has 4 aromatic carbocycles. The second-order valence-corrected chi connectivity index (χ2v) is 14.0. The van der Waals surface area contributed by atoms with Gasteiger partial charge in [-0.05, 0) is 66.1 Å². The van der Waals surface area contributed by atoms with Crippen LogP contribution in [-0.2, 0) is 43.9 Å². The standard InChI is InChI=1S/C14H15N3O4S.C14H10N2O10S2.2Na.S/c1-9-7-12(15)14(21-2)8-13(9)17-16-10-3-5-11(6-4-10)22(18,19)20;17-15(18)11-5-3-9(13(7-11)27(21,22)23)1-2-10-4-6-12(16(19)20)8-14(10)28(24,25)26;;;/h3-8H,15H2,1-2H3,(H,18,19,20);1-8H,(H,21,22,23)(H,24,25,26);;;/q;;2*+1;-2/b;2-1+;;;. The van der Waals surface area contributed by atoms with E-state index in [0.717, 1.165) is 42.0 Å². The number of anilines is 1. The van der Waals surface area contributed by atoms with Crippen LogP contribution >= 0.6 is 0 Å². The van der Waals surface area contributed by atoms with Crippen LogP contribution in [0.25, 0.3) is 12.2 Å². The molecule has 0 atom stereocenters. The Kier molecular flexibility index (Phi) is 19.1. The zero-order valence-corrected chi connectivity index (χ0v) is 35.2. The first kappa shape index (κ1) is 49.7. The Bertz CT molecular complexity index is 2280. The molecule has 4 rings (SSSR count). The van der Waals surface area contributed by atoms with Gasteiger partial charge in [0.25, 0.3) is 41.7 Å². The molecular formula is C28H25N5Na2O14S4. The Hall–Kier alpha value is -3.30. The minimum Gasteiger partial charge on any atom is -2.00 e. The maximum atomic E-state index is 11.5. The van der Waals surface area contributed by atoms with Crippen molar-refractivity contribution < 1.29 is 113 Å². The van der Waals surface area contributed by atoms with Gasteiger partial charge in [-0.1, -0.05) is 12.2 Å². The summed E-state index contributed by atoms with van der Waals surface area (Å²) in [7, 11) is -12.4. The molecule has 272 valence electrons. The predicted molar refractivity (Wildman–Crippen MR) is 185 cm³/mol. The molecule has 0 saturated carbocycles. The predicted octanol–water partition coefficient (Wildman–Crippen LogP) is -0.580. The minimum atomic E-state index is -4.86. The normalized spacial score (nSPS) is 11.3. The van der Waals surface area contributed by atoms with Crippen LogP contribution in [-0.4, -0.2) is 55.9 Å². The molecular weight excluding hydrogens is 805 g/mol. The third kappa shape index (κ3) is 14.1. The number of azo groups is 1. The second kappa shape index (κ2) is 20.4. The van der Waals surface area contributed by atoms with Crippen LogP contribution in [0.15, 0.2) is 97.7 Å². The first-order valence-corrected chi connectivity index (χ1v) is 17.6. The minimum absolute atomic E-state index is 0. The van der Waals surface area contributed by atoms with Gasteiger partial charge in [0, 0.05) is 30.3 Å². The molecule has 0 aliphatic carbocycles. The average molecular weight is 830 g/mol. The Morgan fingerprint density at radius 1 is 0.698 bits per heavy atom. The molecule has 0 heterocycles. The van der Waals surface area contributed by atoms with Crippen molar-refractivity contribution >= 4 is 84.4 Å². The molecule has 0 fully saturated rings. The van der Waals surface area contributed by atoms with Gasteiger partial charge in [0.15, 0.2) is 0 Å². The van der Waals surface area contributed by atoms with Crippen molar-refractivity contribution in [2.24, 2.45) is 10.2 Å². The van der Waals surface area contributed by atoms with Gasteiger partial charge in [0.05, 0.1) is 38.9 Å². The number of hydrogen-bond donors (Lipinski definition) is 4. The molecule has 0 saturated heterocycles. The fraction of sp³-hybridized carbons (Fsp3) is 0.0714. The van der Waals surface area contributed by atoms with Crippen LogP contribution < -0.4 is 69.6 Å². The van der Waals surface area contributed by atoms with E-state index in [1.807, 2.05) is 6.92 Å². The van der Waals surface area contributed by atoms with Crippen LogP contribution in [0.5, 0.6) is 5.75 Å². The first-order chi connectivity index (χ1) is 23.1. The SMILES string of the molecule is COc1cc(N=Nc2ccc(S(=O)(=O)O)cc2)c(C)cc1N.O=[N+]([O-])c1ccc(/C=C/c2ccc([N+](=O)[O-])cc2S(=O)(=O)O)c(S(=O)(=O)O)c1.[Na+].[Na+].[S-2]. The summed E-state index contributed by atoms with van der Waals surface area (Å²) in [6.07, 6.45) is 2.01. The number of methoxy groups -OCH3 is 1. The number of benzene rings is 4. The number of nitrogens with two attached hydrogens (primary N) is 1. The van der Waals surface area contributed by atoms with Gasteiger partial charge in [0.1, 0.15) is 15.5 Å².